The molecule has 3 nitrogen and oxygen atoms in total. The molecular weight excluding hydrogens is 322 g/mol. The zero-order valence-electron chi connectivity index (χ0n) is 17.0. The number of hydrogen-bond acceptors (Lipinski definition) is 3. The molecule has 1 aromatic carbocycles. The van der Waals surface area contributed by atoms with Crippen LogP contribution in [0.3, 0.4) is 0 Å². The predicted octanol–water partition coefficient (Wildman–Crippen LogP) is 3.96. The Morgan fingerprint density at radius 2 is 1.96 bits per heavy atom. The van der Waals surface area contributed by atoms with Crippen LogP contribution in [0.25, 0.3) is 0 Å². The Morgan fingerprint density at radius 1 is 1.31 bits per heavy atom. The van der Waals surface area contributed by atoms with Crippen molar-refractivity contribution in [3.05, 3.63) is 34.9 Å². The number of ether oxygens (including phenoxy) is 1. The molecule has 0 N–H and O–H groups in total. The summed E-state index contributed by atoms with van der Waals surface area (Å²) < 4.78 is 5.21. The van der Waals surface area contributed by atoms with E-state index in [1.54, 1.807) is 7.11 Å². The number of carbonyl (C=O) groups is 1. The third-order valence-electron chi connectivity index (χ3n) is 5.98. The number of rotatable bonds is 7. The molecule has 142 valence electrons. The zero-order chi connectivity index (χ0) is 19.3. The van der Waals surface area contributed by atoms with E-state index < -0.39 is 5.41 Å². The highest BCUT2D eigenvalue weighted by Crippen LogP contribution is 2.41. The monoisotopic (exact) mass is 355 g/mol. The van der Waals surface area contributed by atoms with Crippen LogP contribution in [0.5, 0.6) is 0 Å². The number of ketones is 1. The van der Waals surface area contributed by atoms with Gasteiger partial charge in [0.05, 0.1) is 5.41 Å². The van der Waals surface area contributed by atoms with Crippen molar-refractivity contribution in [3.63, 3.8) is 0 Å². The number of benzene rings is 1. The number of terminal acetylenes is 1. The van der Waals surface area contributed by atoms with E-state index >= 15 is 0 Å². The molecule has 1 saturated heterocycles. The fraction of sp³-hybridized carbons (Fsp3) is 0.609. The number of carbonyl (C=O) groups excluding carboxylic acids is 1. The maximum absolute atomic E-state index is 13.6. The van der Waals surface area contributed by atoms with Gasteiger partial charge in [-0.25, -0.2) is 0 Å². The number of nitrogens with zero attached hydrogens (tertiary/aromatic N) is 1. The van der Waals surface area contributed by atoms with Gasteiger partial charge in [-0.15, -0.1) is 6.42 Å². The lowest BCUT2D eigenvalue weighted by atomic mass is 9.65. The molecule has 0 bridgehead atoms. The average Bonchev–Trinajstić information content (AvgIpc) is 2.65. The molecule has 0 amide bonds. The number of hydrogen-bond donors (Lipinski definition) is 0. The van der Waals surface area contributed by atoms with Crippen LogP contribution < -0.4 is 0 Å². The van der Waals surface area contributed by atoms with Gasteiger partial charge in [-0.2, -0.15) is 0 Å². The zero-order valence-corrected chi connectivity index (χ0v) is 17.0. The number of aryl methyl sites for hydroxylation is 1. The minimum absolute atomic E-state index is 0.0190. The van der Waals surface area contributed by atoms with Crippen LogP contribution >= 0.6 is 0 Å². The fourth-order valence-electron chi connectivity index (χ4n) is 4.20. The van der Waals surface area contributed by atoms with Gasteiger partial charge in [-0.3, -0.25) is 4.79 Å². The van der Waals surface area contributed by atoms with Crippen LogP contribution in [0.1, 0.15) is 56.7 Å². The van der Waals surface area contributed by atoms with Crippen molar-refractivity contribution in [3.8, 4) is 12.3 Å². The minimum atomic E-state index is -0.435. The van der Waals surface area contributed by atoms with Gasteiger partial charge in [0.15, 0.2) is 0 Å². The number of methoxy groups -OCH3 is 1. The summed E-state index contributed by atoms with van der Waals surface area (Å²) in [7, 11) is 1.69. The van der Waals surface area contributed by atoms with Gasteiger partial charge < -0.3 is 9.64 Å². The minimum Gasteiger partial charge on any atom is -0.385 e. The SMILES string of the molecule is C#Cc1ccc(C)c(C2(C(=O)C(C)CCOC)CCN(C(C)C)CC2)c1. The Hall–Kier alpha value is -1.63. The summed E-state index contributed by atoms with van der Waals surface area (Å²) >= 11 is 0. The van der Waals surface area contributed by atoms with Gasteiger partial charge in [-0.1, -0.05) is 18.9 Å². The van der Waals surface area contributed by atoms with Gasteiger partial charge in [-0.05, 0) is 76.4 Å². The largest absolute Gasteiger partial charge is 0.385 e. The Morgan fingerprint density at radius 3 is 2.50 bits per heavy atom. The lowest BCUT2D eigenvalue weighted by molar-refractivity contribution is -0.130. The molecular formula is C23H33NO2. The lowest BCUT2D eigenvalue weighted by Crippen LogP contribution is -2.51. The molecule has 0 aliphatic carbocycles. The van der Waals surface area contributed by atoms with Crippen molar-refractivity contribution < 1.29 is 9.53 Å². The summed E-state index contributed by atoms with van der Waals surface area (Å²) in [6, 6.07) is 6.61. The molecule has 1 aliphatic rings. The average molecular weight is 356 g/mol. The predicted molar refractivity (Wildman–Crippen MR) is 107 cm³/mol. The first-order chi connectivity index (χ1) is 12.4. The van der Waals surface area contributed by atoms with E-state index in [4.69, 9.17) is 11.2 Å². The second kappa shape index (κ2) is 8.84. The molecule has 1 fully saturated rings. The Bertz CT molecular complexity index is 663. The molecule has 3 heteroatoms. The Labute approximate surface area is 159 Å². The molecule has 1 heterocycles. The van der Waals surface area contributed by atoms with Crippen molar-refractivity contribution in [2.75, 3.05) is 26.8 Å². The molecule has 1 unspecified atom stereocenters. The number of Topliss-reactive ketones (excluding diaryl/α,β-unsaturated/α-hetero) is 1. The smallest absolute Gasteiger partial charge is 0.146 e. The van der Waals surface area contributed by atoms with E-state index in [9.17, 15) is 4.79 Å². The van der Waals surface area contributed by atoms with E-state index in [0.717, 1.165) is 49.0 Å². The van der Waals surface area contributed by atoms with Crippen LogP contribution in [-0.4, -0.2) is 43.5 Å². The summed E-state index contributed by atoms with van der Waals surface area (Å²) in [5.41, 5.74) is 2.71. The summed E-state index contributed by atoms with van der Waals surface area (Å²) in [5, 5.41) is 0. The van der Waals surface area contributed by atoms with Crippen LogP contribution in [0.4, 0.5) is 0 Å². The molecule has 1 aromatic rings. The van der Waals surface area contributed by atoms with E-state index in [1.165, 1.54) is 0 Å². The summed E-state index contributed by atoms with van der Waals surface area (Å²) in [6.45, 7) is 11.1. The lowest BCUT2D eigenvalue weighted by Gasteiger charge is -2.44. The second-order valence-corrected chi connectivity index (χ2v) is 7.93. The molecule has 1 atom stereocenters. The number of piperidine rings is 1. The first-order valence-corrected chi connectivity index (χ1v) is 9.70. The summed E-state index contributed by atoms with van der Waals surface area (Å²) in [4.78, 5) is 16.1. The van der Waals surface area contributed by atoms with Crippen molar-refractivity contribution in [2.24, 2.45) is 5.92 Å². The molecule has 0 saturated carbocycles. The van der Waals surface area contributed by atoms with E-state index in [1.807, 2.05) is 13.0 Å². The highest BCUT2D eigenvalue weighted by Gasteiger charge is 2.45. The fourth-order valence-corrected chi connectivity index (χ4v) is 4.20. The maximum atomic E-state index is 13.6. The normalized spacial score (nSPS) is 18.5. The van der Waals surface area contributed by atoms with Crippen LogP contribution in [0, 0.1) is 25.2 Å². The molecule has 1 aliphatic heterocycles. The molecule has 2 rings (SSSR count). The number of likely N-dealkylation sites (tertiary alicyclic amines) is 1. The van der Waals surface area contributed by atoms with Crippen LogP contribution in [0.15, 0.2) is 18.2 Å². The quantitative estimate of drug-likeness (QED) is 0.694. The highest BCUT2D eigenvalue weighted by atomic mass is 16.5. The molecule has 0 aromatic heterocycles. The highest BCUT2D eigenvalue weighted by molar-refractivity contribution is 5.92. The maximum Gasteiger partial charge on any atom is 0.146 e. The molecule has 0 radical (unpaired) electrons. The molecule has 26 heavy (non-hydrogen) atoms. The second-order valence-electron chi connectivity index (χ2n) is 7.93. The van der Waals surface area contributed by atoms with E-state index in [0.29, 0.717) is 18.4 Å². The first kappa shape index (κ1) is 20.7. The van der Waals surface area contributed by atoms with E-state index in [-0.39, 0.29) is 5.92 Å². The third-order valence-corrected chi connectivity index (χ3v) is 5.98. The summed E-state index contributed by atoms with van der Waals surface area (Å²) in [6.07, 6.45) is 8.12. The van der Waals surface area contributed by atoms with Gasteiger partial charge in [0.1, 0.15) is 5.78 Å². The van der Waals surface area contributed by atoms with E-state index in [2.05, 4.69) is 43.7 Å². The standard InChI is InChI=1S/C23H33NO2/c1-7-20-9-8-18(4)21(16-20)23(22(25)19(5)10-15-26-6)11-13-24(14-12-23)17(2)3/h1,8-9,16-17,19H,10-15H2,2-6H3. The Balaban J connectivity index is 2.43. The van der Waals surface area contributed by atoms with Crippen LogP contribution in [-0.2, 0) is 14.9 Å². The summed E-state index contributed by atoms with van der Waals surface area (Å²) in [5.74, 6) is 3.06. The van der Waals surface area contributed by atoms with Gasteiger partial charge in [0.25, 0.3) is 0 Å². The van der Waals surface area contributed by atoms with Gasteiger partial charge in [0, 0.05) is 31.2 Å². The van der Waals surface area contributed by atoms with Crippen molar-refractivity contribution in [1.82, 2.24) is 4.90 Å². The van der Waals surface area contributed by atoms with Gasteiger partial charge in [0.2, 0.25) is 0 Å². The Kier molecular flexibility index (Phi) is 7.03. The van der Waals surface area contributed by atoms with Crippen molar-refractivity contribution >= 4 is 5.78 Å². The first-order valence-electron chi connectivity index (χ1n) is 9.70. The topological polar surface area (TPSA) is 29.5 Å². The van der Waals surface area contributed by atoms with Crippen LogP contribution in [0.2, 0.25) is 0 Å². The van der Waals surface area contributed by atoms with Gasteiger partial charge >= 0.3 is 0 Å². The molecule has 0 spiro atoms. The van der Waals surface area contributed by atoms with Crippen molar-refractivity contribution in [1.29, 1.82) is 0 Å². The van der Waals surface area contributed by atoms with Crippen molar-refractivity contribution in [2.45, 2.75) is 58.4 Å². The third kappa shape index (κ3) is 4.19.